The molecule has 0 unspecified atom stereocenters. The minimum Gasteiger partial charge on any atom is -0.422 e. The Kier molecular flexibility index (Phi) is 11.9. The molecule has 5 aromatic rings. The molecular weight excluding hydrogens is 1050 g/mol. The third-order valence-electron chi connectivity index (χ3n) is 6.83. The van der Waals surface area contributed by atoms with Gasteiger partial charge in [-0.2, -0.15) is 77.3 Å². The predicted molar refractivity (Wildman–Crippen MR) is 139 cm³/mol. The molecule has 7 heteroatoms. The summed E-state index contributed by atoms with van der Waals surface area (Å²) in [5.74, 6) is 0. The molecular formula is C30H17B2NU2Y2-4. The van der Waals surface area contributed by atoms with E-state index < -0.39 is 0 Å². The average molecular weight is 1070 g/mol. The fraction of sp³-hybridized carbons (Fsp3) is 0. The fourth-order valence-corrected chi connectivity index (χ4v) is 5.53. The van der Waals surface area contributed by atoms with Gasteiger partial charge in [-0.15, -0.1) is 0 Å². The van der Waals surface area contributed by atoms with E-state index in [1.165, 1.54) is 38.9 Å². The first kappa shape index (κ1) is 31.9. The van der Waals surface area contributed by atoms with Crippen LogP contribution in [0.3, 0.4) is 0 Å². The molecule has 166 valence electrons. The predicted octanol–water partition coefficient (Wildman–Crippen LogP) is 2.01. The van der Waals surface area contributed by atoms with Crippen LogP contribution in [0.5, 0.6) is 0 Å². The molecule has 0 saturated carbocycles. The van der Waals surface area contributed by atoms with Crippen molar-refractivity contribution in [2.45, 2.75) is 0 Å². The molecule has 2 heterocycles. The molecule has 2 radical (unpaired) electrons. The molecule has 5 aromatic carbocycles. The van der Waals surface area contributed by atoms with E-state index in [4.69, 9.17) is 0 Å². The second kappa shape index (κ2) is 13.8. The maximum Gasteiger partial charge on any atom is 0.173 e. The zero-order valence-electron chi connectivity index (χ0n) is 20.1. The number of nitrogens with zero attached hydrogens (tertiary/aromatic N) is 1. The summed E-state index contributed by atoms with van der Waals surface area (Å²) < 4.78 is 0. The first-order chi connectivity index (χ1) is 16.4. The Labute approximate surface area is 318 Å². The summed E-state index contributed by atoms with van der Waals surface area (Å²) in [6.45, 7) is 0.153. The van der Waals surface area contributed by atoms with E-state index in [9.17, 15) is 0 Å². The maximum atomic E-state index is 3.59. The third kappa shape index (κ3) is 5.49. The van der Waals surface area contributed by atoms with Crippen molar-refractivity contribution < 1.29 is 128 Å². The van der Waals surface area contributed by atoms with Crippen LogP contribution < -0.4 is 37.7 Å². The topological polar surface area (TPSA) is 3.24 Å². The molecule has 2 aliphatic rings. The molecule has 0 fully saturated rings. The van der Waals surface area contributed by atoms with Crippen LogP contribution in [0.1, 0.15) is 0 Å². The Bertz CT molecular complexity index is 1390. The second-order valence-corrected chi connectivity index (χ2v) is 8.56. The van der Waals surface area contributed by atoms with Gasteiger partial charge in [0.05, 0.1) is 0 Å². The van der Waals surface area contributed by atoms with Gasteiger partial charge in [0, 0.05) is 139 Å². The number of rotatable bonds is 2. The van der Waals surface area contributed by atoms with Crippen molar-refractivity contribution >= 4 is 63.3 Å². The third-order valence-corrected chi connectivity index (χ3v) is 6.83. The first-order valence-corrected chi connectivity index (χ1v) is 11.3. The maximum absolute atomic E-state index is 3.59. The van der Waals surface area contributed by atoms with Crippen LogP contribution >= 0.6 is 0 Å². The van der Waals surface area contributed by atoms with Gasteiger partial charge >= 0.3 is 0 Å². The Morgan fingerprint density at radius 3 is 1.38 bits per heavy atom. The largest absolute Gasteiger partial charge is 0.422 e. The fourth-order valence-electron chi connectivity index (χ4n) is 5.53. The summed E-state index contributed by atoms with van der Waals surface area (Å²) in [4.78, 5) is 2.42. The minimum atomic E-state index is 0. The smallest absolute Gasteiger partial charge is 0.173 e. The van der Waals surface area contributed by atoms with Crippen LogP contribution in [-0.2, 0) is 65.4 Å². The van der Waals surface area contributed by atoms with Gasteiger partial charge in [0.25, 0.3) is 0 Å². The normalized spacial score (nSPS) is 11.8. The summed E-state index contributed by atoms with van der Waals surface area (Å²) in [7, 11) is 0. The molecule has 0 spiro atoms. The van der Waals surface area contributed by atoms with Crippen molar-refractivity contribution in [3.05, 3.63) is 127 Å². The molecule has 0 aliphatic carbocycles. The zero-order chi connectivity index (χ0) is 21.8. The standard InChI is InChI=1S/C30H17B2N.2U.2Y/c1-3-12-22(13-4-1)31-24-16-7-9-20-28(24)33-29-21-10-8-17-25(29)32(23-14-5-2-6-15-23)27-19-11-18-26(31)30(27)33;;;;/h1-12,14,16-17,20-21H;;;;/q-4;;;;. The Morgan fingerprint density at radius 1 is 0.514 bits per heavy atom. The van der Waals surface area contributed by atoms with Crippen molar-refractivity contribution in [3.8, 4) is 0 Å². The van der Waals surface area contributed by atoms with Gasteiger partial charge in [0.15, 0.2) is 13.4 Å². The molecule has 1 nitrogen and oxygen atoms in total. The SMILES string of the molecule is [U].[U].[Y].[Y].[c-]1ccccc1B1c2[c-]c[c-]c3c2N(c2ccccc21)c1ccccc1B3c1[c-]cccc1. The van der Waals surface area contributed by atoms with Crippen molar-refractivity contribution in [2.75, 3.05) is 4.90 Å². The van der Waals surface area contributed by atoms with Crippen LogP contribution in [-0.4, -0.2) is 13.4 Å². The Morgan fingerprint density at radius 2 is 0.946 bits per heavy atom. The van der Waals surface area contributed by atoms with Gasteiger partial charge in [-0.1, -0.05) is 47.3 Å². The van der Waals surface area contributed by atoms with Gasteiger partial charge in [-0.3, -0.25) is 10.9 Å². The number of benzene rings is 5. The van der Waals surface area contributed by atoms with E-state index >= 15 is 0 Å². The van der Waals surface area contributed by atoms with E-state index in [0.717, 1.165) is 10.9 Å². The molecule has 0 saturated heterocycles. The van der Waals surface area contributed by atoms with Crippen molar-refractivity contribution in [1.29, 1.82) is 0 Å². The Hall–Kier alpha value is 0.342. The average Bonchev–Trinajstić information content (AvgIpc) is 2.89. The molecule has 0 bridgehead atoms. The van der Waals surface area contributed by atoms with Gasteiger partial charge < -0.3 is 23.1 Å². The van der Waals surface area contributed by atoms with Crippen molar-refractivity contribution in [2.24, 2.45) is 0 Å². The van der Waals surface area contributed by atoms with Crippen molar-refractivity contribution in [3.63, 3.8) is 0 Å². The quantitative estimate of drug-likeness (QED) is 0.190. The van der Waals surface area contributed by atoms with E-state index in [1.807, 2.05) is 30.3 Å². The van der Waals surface area contributed by atoms with Gasteiger partial charge in [-0.05, 0) is 12.1 Å². The molecule has 0 N–H and O–H groups in total. The second-order valence-electron chi connectivity index (χ2n) is 8.56. The van der Waals surface area contributed by atoms with Crippen LogP contribution in [0, 0.1) is 86.5 Å². The molecule has 7 rings (SSSR count). The zero-order valence-corrected chi connectivity index (χ0v) is 34.1. The number of hydrogen-bond donors (Lipinski definition) is 0. The summed E-state index contributed by atoms with van der Waals surface area (Å²) in [6.07, 6.45) is 0. The van der Waals surface area contributed by atoms with Gasteiger partial charge in [0.1, 0.15) is 0 Å². The van der Waals surface area contributed by atoms with Crippen LogP contribution in [0.25, 0.3) is 0 Å². The molecule has 0 atom stereocenters. The first-order valence-electron chi connectivity index (χ1n) is 11.3. The van der Waals surface area contributed by atoms with E-state index in [1.54, 1.807) is 0 Å². The van der Waals surface area contributed by atoms with Crippen molar-refractivity contribution in [1.82, 2.24) is 0 Å². The molecule has 2 aliphatic heterocycles. The number of para-hydroxylation sites is 2. The summed E-state index contributed by atoms with van der Waals surface area (Å²) in [6, 6.07) is 50.2. The van der Waals surface area contributed by atoms with Gasteiger partial charge in [0.2, 0.25) is 0 Å². The molecule has 37 heavy (non-hydrogen) atoms. The van der Waals surface area contributed by atoms with Crippen LogP contribution in [0.2, 0.25) is 0 Å². The summed E-state index contributed by atoms with van der Waals surface area (Å²) >= 11 is 0. The van der Waals surface area contributed by atoms with E-state index in [0.29, 0.717) is 0 Å². The monoisotopic (exact) mass is 1070 g/mol. The van der Waals surface area contributed by atoms with E-state index in [2.05, 4.69) is 102 Å². The summed E-state index contributed by atoms with van der Waals surface area (Å²) in [5, 5.41) is 0. The molecule has 0 aromatic heterocycles. The van der Waals surface area contributed by atoms with Crippen LogP contribution in [0.4, 0.5) is 17.1 Å². The molecule has 0 amide bonds. The minimum absolute atomic E-state index is 0. The number of anilines is 3. The number of hydrogen-bond acceptors (Lipinski definition) is 1. The Balaban J connectivity index is 0.000000951. The summed E-state index contributed by atoms with van der Waals surface area (Å²) in [5.41, 5.74) is 10.9. The van der Waals surface area contributed by atoms with Crippen LogP contribution in [0.15, 0.2) is 103 Å². The van der Waals surface area contributed by atoms with E-state index in [-0.39, 0.29) is 141 Å². The number of fused-ring (bicyclic) bond motifs is 4. The van der Waals surface area contributed by atoms with Gasteiger partial charge in [-0.25, -0.2) is 0 Å².